The van der Waals surface area contributed by atoms with Crippen LogP contribution >= 0.6 is 31.9 Å². The number of carbonyl (C=O) groups is 3. The largest absolute Gasteiger partial charge is 0.503 e. The number of rotatable bonds is 3. The fraction of sp³-hybridized carbons (Fsp3) is 0.267. The fourth-order valence-corrected chi connectivity index (χ4v) is 2.95. The molecule has 0 saturated carbocycles. The lowest BCUT2D eigenvalue weighted by Crippen LogP contribution is -2.52. The Kier molecular flexibility index (Phi) is 5.34. The molecule has 1 aromatic carbocycles. The summed E-state index contributed by atoms with van der Waals surface area (Å²) in [6, 6.07) is 0.806. The third-order valence-corrected chi connectivity index (χ3v) is 5.58. The monoisotopic (exact) mass is 460 g/mol. The highest BCUT2D eigenvalue weighted by Crippen LogP contribution is 2.42. The van der Waals surface area contributed by atoms with Gasteiger partial charge in [0.25, 0.3) is 11.8 Å². The van der Waals surface area contributed by atoms with Crippen molar-refractivity contribution < 1.29 is 24.2 Å². The van der Waals surface area contributed by atoms with Gasteiger partial charge in [0.2, 0.25) is 0 Å². The smallest absolute Gasteiger partial charge is 0.333 e. The van der Waals surface area contributed by atoms with E-state index in [0.29, 0.717) is 21.1 Å². The van der Waals surface area contributed by atoms with Crippen LogP contribution < -0.4 is 4.74 Å². The number of benzene rings is 1. The average Bonchev–Trinajstić information content (AvgIpc) is 2.57. The van der Waals surface area contributed by atoms with Crippen molar-refractivity contribution in [3.63, 3.8) is 0 Å². The van der Waals surface area contributed by atoms with Gasteiger partial charge in [-0.25, -0.2) is 4.79 Å². The van der Waals surface area contributed by atoms with Crippen LogP contribution in [0.15, 0.2) is 20.6 Å². The number of hydrogen-bond acceptors (Lipinski definition) is 5. The van der Waals surface area contributed by atoms with Gasteiger partial charge in [-0.2, -0.15) is 0 Å². The summed E-state index contributed by atoms with van der Waals surface area (Å²) in [7, 11) is 2.60. The minimum Gasteiger partial charge on any atom is -0.503 e. The molecule has 1 aromatic rings. The van der Waals surface area contributed by atoms with Gasteiger partial charge in [0.05, 0.1) is 11.1 Å². The first-order valence-corrected chi connectivity index (χ1v) is 8.44. The predicted molar refractivity (Wildman–Crippen MR) is 93.6 cm³/mol. The van der Waals surface area contributed by atoms with E-state index in [-0.39, 0.29) is 17.1 Å². The van der Waals surface area contributed by atoms with Gasteiger partial charge in [-0.15, -0.1) is 0 Å². The van der Waals surface area contributed by atoms with E-state index < -0.39 is 17.8 Å². The Bertz CT molecular complexity index is 750. The fourth-order valence-electron chi connectivity index (χ4n) is 2.11. The van der Waals surface area contributed by atoms with E-state index in [2.05, 4.69) is 31.9 Å². The zero-order valence-corrected chi connectivity index (χ0v) is 16.3. The molecular formula is C15H14Br2N2O5. The van der Waals surface area contributed by atoms with E-state index in [0.717, 1.165) is 9.80 Å². The van der Waals surface area contributed by atoms with E-state index in [1.807, 2.05) is 0 Å². The molecule has 0 radical (unpaired) electrons. The summed E-state index contributed by atoms with van der Waals surface area (Å²) < 4.78 is 6.11. The number of phenols is 1. The normalized spacial score (nSPS) is 15.2. The number of likely N-dealkylation sites (N-methyl/N-ethyl adjacent to an activating group) is 2. The Hall–Kier alpha value is -1.87. The summed E-state index contributed by atoms with van der Waals surface area (Å²) in [6.07, 6.45) is 1.35. The Morgan fingerprint density at radius 2 is 1.67 bits per heavy atom. The van der Waals surface area contributed by atoms with E-state index >= 15 is 0 Å². The van der Waals surface area contributed by atoms with Crippen LogP contribution in [0.2, 0.25) is 0 Å². The molecule has 1 aliphatic heterocycles. The van der Waals surface area contributed by atoms with Crippen molar-refractivity contribution in [2.24, 2.45) is 0 Å². The second kappa shape index (κ2) is 6.94. The van der Waals surface area contributed by atoms with Crippen molar-refractivity contribution in [3.8, 4) is 11.5 Å². The molecule has 1 aliphatic rings. The maximum absolute atomic E-state index is 12.3. The molecule has 7 nitrogen and oxygen atoms in total. The SMILES string of the molecule is CCOc1cc(C=C2C(=O)N(C)C(=O)N(C)C2=O)c(Br)c(Br)c1O. The Morgan fingerprint density at radius 3 is 2.17 bits per heavy atom. The van der Waals surface area contributed by atoms with Crippen molar-refractivity contribution in [2.75, 3.05) is 20.7 Å². The van der Waals surface area contributed by atoms with Crippen molar-refractivity contribution in [1.29, 1.82) is 0 Å². The van der Waals surface area contributed by atoms with Crippen LogP contribution in [0.3, 0.4) is 0 Å². The number of imide groups is 2. The van der Waals surface area contributed by atoms with Gasteiger partial charge in [0.15, 0.2) is 11.5 Å². The highest BCUT2D eigenvalue weighted by Gasteiger charge is 2.38. The van der Waals surface area contributed by atoms with Crippen molar-refractivity contribution in [2.45, 2.75) is 6.92 Å². The van der Waals surface area contributed by atoms with Gasteiger partial charge in [-0.1, -0.05) is 0 Å². The molecule has 128 valence electrons. The number of aromatic hydroxyl groups is 1. The summed E-state index contributed by atoms with van der Waals surface area (Å²) in [5, 5.41) is 10.0. The standard InChI is InChI=1S/C15H14Br2N2O5/c1-4-24-9-6-7(10(16)11(17)12(9)20)5-8-13(21)18(2)15(23)19(3)14(8)22/h5-6,20H,4H2,1-3H3. The van der Waals surface area contributed by atoms with Gasteiger partial charge < -0.3 is 9.84 Å². The van der Waals surface area contributed by atoms with E-state index in [9.17, 15) is 19.5 Å². The quantitative estimate of drug-likeness (QED) is 0.552. The minimum absolute atomic E-state index is 0.100. The Balaban J connectivity index is 2.60. The van der Waals surface area contributed by atoms with Crippen LogP contribution in [0.4, 0.5) is 4.79 Å². The molecule has 2 rings (SSSR count). The van der Waals surface area contributed by atoms with Gasteiger partial charge in [-0.3, -0.25) is 19.4 Å². The molecular weight excluding hydrogens is 448 g/mol. The number of amides is 4. The highest BCUT2D eigenvalue weighted by atomic mass is 79.9. The third-order valence-electron chi connectivity index (χ3n) is 3.42. The topological polar surface area (TPSA) is 87.2 Å². The number of halogens is 2. The van der Waals surface area contributed by atoms with Crippen LogP contribution in [0.1, 0.15) is 12.5 Å². The molecule has 9 heteroatoms. The molecule has 0 aliphatic carbocycles. The Morgan fingerprint density at radius 1 is 1.12 bits per heavy atom. The van der Waals surface area contributed by atoms with Gasteiger partial charge in [-0.05, 0) is 56.5 Å². The number of carbonyl (C=O) groups excluding carboxylic acids is 3. The number of urea groups is 1. The van der Waals surface area contributed by atoms with Crippen LogP contribution in [-0.2, 0) is 9.59 Å². The summed E-state index contributed by atoms with van der Waals surface area (Å²) in [5.41, 5.74) is 0.274. The van der Waals surface area contributed by atoms with E-state index in [4.69, 9.17) is 4.74 Å². The zero-order valence-electron chi connectivity index (χ0n) is 13.1. The summed E-state index contributed by atoms with van der Waals surface area (Å²) in [6.45, 7) is 2.09. The number of hydrogen-bond donors (Lipinski definition) is 1. The first-order chi connectivity index (χ1) is 11.2. The van der Waals surface area contributed by atoms with Gasteiger partial charge >= 0.3 is 6.03 Å². The summed E-state index contributed by atoms with van der Waals surface area (Å²) in [5.74, 6) is -1.29. The number of phenolic OH excluding ortho intramolecular Hbond substituents is 1. The molecule has 4 amide bonds. The number of ether oxygens (including phenoxy) is 1. The lowest BCUT2D eigenvalue weighted by atomic mass is 10.1. The maximum Gasteiger partial charge on any atom is 0.333 e. The average molecular weight is 462 g/mol. The predicted octanol–water partition coefficient (Wildman–Crippen LogP) is 2.75. The first-order valence-electron chi connectivity index (χ1n) is 6.86. The minimum atomic E-state index is -0.697. The van der Waals surface area contributed by atoms with Gasteiger partial charge in [0, 0.05) is 18.6 Å². The Labute approximate surface area is 155 Å². The molecule has 0 aromatic heterocycles. The molecule has 0 unspecified atom stereocenters. The zero-order chi connectivity index (χ0) is 18.2. The number of barbiturate groups is 1. The second-order valence-electron chi connectivity index (χ2n) is 4.94. The molecule has 1 heterocycles. The molecule has 1 fully saturated rings. The third kappa shape index (κ3) is 3.05. The van der Waals surface area contributed by atoms with E-state index in [1.54, 1.807) is 6.92 Å². The molecule has 24 heavy (non-hydrogen) atoms. The first kappa shape index (κ1) is 18.5. The number of nitrogens with zero attached hydrogens (tertiary/aromatic N) is 2. The summed E-state index contributed by atoms with van der Waals surface area (Å²) in [4.78, 5) is 38.0. The molecule has 1 saturated heterocycles. The molecule has 1 N–H and O–H groups in total. The lowest BCUT2D eigenvalue weighted by Gasteiger charge is -2.29. The highest BCUT2D eigenvalue weighted by molar-refractivity contribution is 9.13. The summed E-state index contributed by atoms with van der Waals surface area (Å²) >= 11 is 6.53. The van der Waals surface area contributed by atoms with Crippen molar-refractivity contribution in [1.82, 2.24) is 9.80 Å². The molecule has 0 atom stereocenters. The van der Waals surface area contributed by atoms with Crippen LogP contribution in [0.25, 0.3) is 6.08 Å². The van der Waals surface area contributed by atoms with Crippen LogP contribution in [0, 0.1) is 0 Å². The maximum atomic E-state index is 12.3. The second-order valence-corrected chi connectivity index (χ2v) is 6.53. The lowest BCUT2D eigenvalue weighted by molar-refractivity contribution is -0.134. The van der Waals surface area contributed by atoms with Gasteiger partial charge in [0.1, 0.15) is 5.57 Å². The van der Waals surface area contributed by atoms with Crippen molar-refractivity contribution >= 4 is 55.8 Å². The van der Waals surface area contributed by atoms with E-state index in [1.165, 1.54) is 26.2 Å². The van der Waals surface area contributed by atoms with Crippen molar-refractivity contribution in [3.05, 3.63) is 26.1 Å². The van der Waals surface area contributed by atoms with Crippen LogP contribution in [-0.4, -0.2) is 53.5 Å². The van der Waals surface area contributed by atoms with Crippen LogP contribution in [0.5, 0.6) is 11.5 Å². The molecule has 0 spiro atoms. The molecule has 0 bridgehead atoms.